The molecule has 90 valence electrons. The summed E-state index contributed by atoms with van der Waals surface area (Å²) in [6.07, 6.45) is 2.52. The molecule has 17 heavy (non-hydrogen) atoms. The molecule has 0 unspecified atom stereocenters. The quantitative estimate of drug-likeness (QED) is 0.816. The summed E-state index contributed by atoms with van der Waals surface area (Å²) in [7, 11) is 0. The van der Waals surface area contributed by atoms with Gasteiger partial charge in [-0.15, -0.1) is 0 Å². The SMILES string of the molecule is O=C1CCC(NC(=O)c2cccc(O)c2)CC1. The van der Waals surface area contributed by atoms with Crippen molar-refractivity contribution in [3.05, 3.63) is 29.8 Å². The number of hydrogen-bond donors (Lipinski definition) is 2. The lowest BCUT2D eigenvalue weighted by atomic mass is 9.94. The second-order valence-electron chi connectivity index (χ2n) is 4.34. The number of aromatic hydroxyl groups is 1. The van der Waals surface area contributed by atoms with E-state index in [-0.39, 0.29) is 23.5 Å². The average Bonchev–Trinajstić information content (AvgIpc) is 2.32. The lowest BCUT2D eigenvalue weighted by Crippen LogP contribution is -2.37. The number of rotatable bonds is 2. The largest absolute Gasteiger partial charge is 0.508 e. The van der Waals surface area contributed by atoms with Crippen molar-refractivity contribution < 1.29 is 14.7 Å². The third-order valence-corrected chi connectivity index (χ3v) is 2.99. The van der Waals surface area contributed by atoms with Gasteiger partial charge in [0.25, 0.3) is 5.91 Å². The number of ketones is 1. The normalized spacial score (nSPS) is 16.8. The number of benzene rings is 1. The fraction of sp³-hybridized carbons (Fsp3) is 0.385. The molecule has 0 aliphatic heterocycles. The van der Waals surface area contributed by atoms with Gasteiger partial charge in [0.2, 0.25) is 0 Å². The zero-order valence-electron chi connectivity index (χ0n) is 9.48. The lowest BCUT2D eigenvalue weighted by Gasteiger charge is -2.22. The van der Waals surface area contributed by atoms with Gasteiger partial charge in [0.1, 0.15) is 11.5 Å². The van der Waals surface area contributed by atoms with Crippen molar-refractivity contribution in [3.63, 3.8) is 0 Å². The van der Waals surface area contributed by atoms with E-state index in [0.29, 0.717) is 31.2 Å². The molecule has 0 radical (unpaired) electrons. The molecule has 0 saturated heterocycles. The highest BCUT2D eigenvalue weighted by atomic mass is 16.3. The van der Waals surface area contributed by atoms with Crippen LogP contribution in [0.1, 0.15) is 36.0 Å². The Morgan fingerprint density at radius 1 is 1.29 bits per heavy atom. The highest BCUT2D eigenvalue weighted by Crippen LogP contribution is 2.16. The molecule has 0 bridgehead atoms. The number of carbonyl (C=O) groups is 2. The van der Waals surface area contributed by atoms with Crippen LogP contribution in [0.25, 0.3) is 0 Å². The molecule has 2 N–H and O–H groups in total. The van der Waals surface area contributed by atoms with E-state index < -0.39 is 0 Å². The Balaban J connectivity index is 1.95. The molecule has 1 saturated carbocycles. The molecule has 1 aliphatic rings. The smallest absolute Gasteiger partial charge is 0.251 e. The predicted molar refractivity (Wildman–Crippen MR) is 62.8 cm³/mol. The second-order valence-corrected chi connectivity index (χ2v) is 4.34. The van der Waals surface area contributed by atoms with Crippen molar-refractivity contribution in [2.45, 2.75) is 31.7 Å². The monoisotopic (exact) mass is 233 g/mol. The minimum Gasteiger partial charge on any atom is -0.508 e. The first-order valence-corrected chi connectivity index (χ1v) is 5.77. The van der Waals surface area contributed by atoms with Crippen LogP contribution in [-0.4, -0.2) is 22.8 Å². The number of phenolic OH excluding ortho intramolecular Hbond substituents is 1. The van der Waals surface area contributed by atoms with Crippen LogP contribution in [-0.2, 0) is 4.79 Å². The van der Waals surface area contributed by atoms with Crippen LogP contribution in [0.3, 0.4) is 0 Å². The molecule has 1 aromatic rings. The van der Waals surface area contributed by atoms with Gasteiger partial charge in [0.05, 0.1) is 0 Å². The third-order valence-electron chi connectivity index (χ3n) is 2.99. The molecule has 1 amide bonds. The van der Waals surface area contributed by atoms with E-state index in [2.05, 4.69) is 5.32 Å². The van der Waals surface area contributed by atoms with Gasteiger partial charge >= 0.3 is 0 Å². The van der Waals surface area contributed by atoms with Gasteiger partial charge in [-0.1, -0.05) is 6.07 Å². The van der Waals surface area contributed by atoms with Crippen LogP contribution in [0.15, 0.2) is 24.3 Å². The molecular weight excluding hydrogens is 218 g/mol. The summed E-state index contributed by atoms with van der Waals surface area (Å²) in [5, 5.41) is 12.2. The van der Waals surface area contributed by atoms with Gasteiger partial charge in [-0.3, -0.25) is 9.59 Å². The summed E-state index contributed by atoms with van der Waals surface area (Å²) in [4.78, 5) is 22.9. The Labute approximate surface area is 99.6 Å². The van der Waals surface area contributed by atoms with Gasteiger partial charge in [-0.25, -0.2) is 0 Å². The number of hydrogen-bond acceptors (Lipinski definition) is 3. The molecule has 2 rings (SSSR count). The first kappa shape index (κ1) is 11.6. The van der Waals surface area contributed by atoms with Gasteiger partial charge in [0, 0.05) is 24.4 Å². The average molecular weight is 233 g/mol. The highest BCUT2D eigenvalue weighted by Gasteiger charge is 2.20. The fourth-order valence-electron chi connectivity index (χ4n) is 2.00. The first-order valence-electron chi connectivity index (χ1n) is 5.77. The predicted octanol–water partition coefficient (Wildman–Crippen LogP) is 1.63. The Kier molecular flexibility index (Phi) is 3.42. The minimum absolute atomic E-state index is 0.0718. The van der Waals surface area contributed by atoms with Crippen molar-refractivity contribution in [3.8, 4) is 5.75 Å². The Morgan fingerprint density at radius 3 is 2.65 bits per heavy atom. The van der Waals surface area contributed by atoms with Crippen LogP contribution >= 0.6 is 0 Å². The number of carbonyl (C=O) groups excluding carboxylic acids is 2. The van der Waals surface area contributed by atoms with Gasteiger partial charge in [-0.05, 0) is 31.0 Å². The summed E-state index contributed by atoms with van der Waals surface area (Å²) in [5.74, 6) is 0.157. The number of Topliss-reactive ketones (excluding diaryl/α,β-unsaturated/α-hetero) is 1. The van der Waals surface area contributed by atoms with E-state index >= 15 is 0 Å². The van der Waals surface area contributed by atoms with Crippen LogP contribution in [0.5, 0.6) is 5.75 Å². The number of nitrogens with one attached hydrogen (secondary N) is 1. The maximum Gasteiger partial charge on any atom is 0.251 e. The van der Waals surface area contributed by atoms with E-state index in [9.17, 15) is 14.7 Å². The molecule has 0 spiro atoms. The molecule has 1 fully saturated rings. The second kappa shape index (κ2) is 4.99. The Morgan fingerprint density at radius 2 is 2.00 bits per heavy atom. The van der Waals surface area contributed by atoms with E-state index in [0.717, 1.165) is 0 Å². The standard InChI is InChI=1S/C13H15NO3/c15-11-6-4-10(5-7-11)14-13(17)9-2-1-3-12(16)8-9/h1-3,8,10,16H,4-7H2,(H,14,17). The topological polar surface area (TPSA) is 66.4 Å². The zero-order chi connectivity index (χ0) is 12.3. The van der Waals surface area contributed by atoms with Crippen LogP contribution in [0.2, 0.25) is 0 Å². The molecule has 1 aliphatic carbocycles. The fourth-order valence-corrected chi connectivity index (χ4v) is 2.00. The van der Waals surface area contributed by atoms with Crippen molar-refractivity contribution in [1.82, 2.24) is 5.32 Å². The Hall–Kier alpha value is -1.84. The first-order chi connectivity index (χ1) is 8.15. The summed E-state index contributed by atoms with van der Waals surface area (Å²) in [6.45, 7) is 0. The summed E-state index contributed by atoms with van der Waals surface area (Å²) in [5.41, 5.74) is 0.446. The summed E-state index contributed by atoms with van der Waals surface area (Å²) in [6, 6.07) is 6.32. The minimum atomic E-state index is -0.194. The van der Waals surface area contributed by atoms with Crippen molar-refractivity contribution in [2.24, 2.45) is 0 Å². The van der Waals surface area contributed by atoms with Gasteiger partial charge in [-0.2, -0.15) is 0 Å². The molecule has 0 atom stereocenters. The van der Waals surface area contributed by atoms with Crippen molar-refractivity contribution in [2.75, 3.05) is 0 Å². The van der Waals surface area contributed by atoms with E-state index in [1.54, 1.807) is 12.1 Å². The van der Waals surface area contributed by atoms with Gasteiger partial charge < -0.3 is 10.4 Å². The molecule has 4 nitrogen and oxygen atoms in total. The van der Waals surface area contributed by atoms with Crippen LogP contribution in [0.4, 0.5) is 0 Å². The molecule has 0 heterocycles. The van der Waals surface area contributed by atoms with E-state index in [1.165, 1.54) is 12.1 Å². The number of phenols is 1. The lowest BCUT2D eigenvalue weighted by molar-refractivity contribution is -0.120. The summed E-state index contributed by atoms with van der Waals surface area (Å²) < 4.78 is 0. The third kappa shape index (κ3) is 3.06. The van der Waals surface area contributed by atoms with E-state index in [1.807, 2.05) is 0 Å². The van der Waals surface area contributed by atoms with Crippen molar-refractivity contribution in [1.29, 1.82) is 0 Å². The summed E-state index contributed by atoms with van der Waals surface area (Å²) >= 11 is 0. The molecular formula is C13H15NO3. The van der Waals surface area contributed by atoms with Crippen molar-refractivity contribution >= 4 is 11.7 Å². The highest BCUT2D eigenvalue weighted by molar-refractivity contribution is 5.94. The molecule has 4 heteroatoms. The Bertz CT molecular complexity index is 432. The van der Waals surface area contributed by atoms with Crippen LogP contribution < -0.4 is 5.32 Å². The van der Waals surface area contributed by atoms with Crippen LogP contribution in [0, 0.1) is 0 Å². The van der Waals surface area contributed by atoms with E-state index in [4.69, 9.17) is 0 Å². The van der Waals surface area contributed by atoms with Gasteiger partial charge in [0.15, 0.2) is 0 Å². The maximum atomic E-state index is 11.8. The number of amides is 1. The molecule has 0 aromatic heterocycles. The maximum absolute atomic E-state index is 11.8. The molecule has 1 aromatic carbocycles. The zero-order valence-corrected chi connectivity index (χ0v) is 9.48.